The summed E-state index contributed by atoms with van der Waals surface area (Å²) in [5.74, 6) is -3.39. The second-order valence-corrected chi connectivity index (χ2v) is 6.40. The number of aromatic nitrogens is 1. The number of hydrogen-bond acceptors (Lipinski definition) is 1. The van der Waals surface area contributed by atoms with Gasteiger partial charge in [0.05, 0.1) is 5.56 Å². The van der Waals surface area contributed by atoms with E-state index in [1.54, 1.807) is 12.3 Å². The van der Waals surface area contributed by atoms with Crippen LogP contribution in [0.1, 0.15) is 43.2 Å². The molecule has 0 radical (unpaired) electrons. The van der Waals surface area contributed by atoms with E-state index in [4.69, 9.17) is 0 Å². The molecule has 0 spiro atoms. The summed E-state index contributed by atoms with van der Waals surface area (Å²) in [7, 11) is 0. The van der Waals surface area contributed by atoms with Crippen LogP contribution in [0.5, 0.6) is 0 Å². The zero-order chi connectivity index (χ0) is 17.4. The highest BCUT2D eigenvalue weighted by Gasteiger charge is 2.35. The van der Waals surface area contributed by atoms with E-state index in [2.05, 4.69) is 4.98 Å². The third kappa shape index (κ3) is 4.06. The first-order valence-corrected chi connectivity index (χ1v) is 6.99. The number of benzene rings is 1. The van der Waals surface area contributed by atoms with Gasteiger partial charge in [0.1, 0.15) is 0 Å². The van der Waals surface area contributed by atoms with Crippen LogP contribution in [-0.4, -0.2) is 4.98 Å². The summed E-state index contributed by atoms with van der Waals surface area (Å²) >= 11 is 0. The average molecular weight is 329 g/mol. The van der Waals surface area contributed by atoms with E-state index in [0.29, 0.717) is 11.8 Å². The van der Waals surface area contributed by atoms with Crippen molar-refractivity contribution in [3.8, 4) is 0 Å². The Morgan fingerprint density at radius 2 is 1.65 bits per heavy atom. The van der Waals surface area contributed by atoms with Crippen molar-refractivity contribution >= 4 is 0 Å². The van der Waals surface area contributed by atoms with Crippen molar-refractivity contribution in [2.45, 2.75) is 38.8 Å². The summed E-state index contributed by atoms with van der Waals surface area (Å²) in [6.07, 6.45) is -3.40. The standard InChI is InChI=1S/C17H16F5N/c1-16(2,3)11-4-5-23-12(9-11)6-10-7-13(17(20,21)22)15(19)14(18)8-10/h4-5,7-9H,6H2,1-3H3. The first-order chi connectivity index (χ1) is 10.5. The maximum absolute atomic E-state index is 13.4. The summed E-state index contributed by atoms with van der Waals surface area (Å²) in [4.78, 5) is 4.09. The number of halogens is 5. The molecule has 0 N–H and O–H groups in total. The summed E-state index contributed by atoms with van der Waals surface area (Å²) in [5, 5.41) is 0. The van der Waals surface area contributed by atoms with Crippen molar-refractivity contribution in [3.63, 3.8) is 0 Å². The van der Waals surface area contributed by atoms with Gasteiger partial charge in [-0.25, -0.2) is 8.78 Å². The molecule has 2 aromatic rings. The second-order valence-electron chi connectivity index (χ2n) is 6.40. The van der Waals surface area contributed by atoms with Gasteiger partial charge in [-0.05, 0) is 40.8 Å². The summed E-state index contributed by atoms with van der Waals surface area (Å²) in [5.41, 5.74) is -0.269. The molecule has 124 valence electrons. The minimum Gasteiger partial charge on any atom is -0.261 e. The molecule has 0 atom stereocenters. The molecule has 1 heterocycles. The number of nitrogens with zero attached hydrogens (tertiary/aromatic N) is 1. The minimum absolute atomic E-state index is 0.00972. The van der Waals surface area contributed by atoms with Gasteiger partial charge in [0.2, 0.25) is 0 Å². The fraction of sp³-hybridized carbons (Fsp3) is 0.353. The van der Waals surface area contributed by atoms with E-state index in [0.717, 1.165) is 11.6 Å². The van der Waals surface area contributed by atoms with Gasteiger partial charge in [0.15, 0.2) is 11.6 Å². The lowest BCUT2D eigenvalue weighted by Gasteiger charge is -2.19. The van der Waals surface area contributed by atoms with Crippen molar-refractivity contribution in [3.05, 3.63) is 64.5 Å². The van der Waals surface area contributed by atoms with Crippen molar-refractivity contribution in [1.82, 2.24) is 4.98 Å². The number of alkyl halides is 3. The molecule has 0 unspecified atom stereocenters. The van der Waals surface area contributed by atoms with Crippen molar-refractivity contribution in [2.75, 3.05) is 0 Å². The molecule has 1 aromatic carbocycles. The van der Waals surface area contributed by atoms with Gasteiger partial charge in [-0.2, -0.15) is 13.2 Å². The molecule has 6 heteroatoms. The molecule has 1 nitrogen and oxygen atoms in total. The van der Waals surface area contributed by atoms with Crippen LogP contribution >= 0.6 is 0 Å². The van der Waals surface area contributed by atoms with E-state index in [-0.39, 0.29) is 17.4 Å². The predicted molar refractivity (Wildman–Crippen MR) is 77.1 cm³/mol. The Labute approximate surface area is 131 Å². The third-order valence-corrected chi connectivity index (χ3v) is 3.46. The normalized spacial score (nSPS) is 12.5. The maximum atomic E-state index is 13.4. The maximum Gasteiger partial charge on any atom is 0.419 e. The minimum atomic E-state index is -4.94. The first kappa shape index (κ1) is 17.4. The van der Waals surface area contributed by atoms with Crippen LogP contribution in [0.15, 0.2) is 30.5 Å². The molecule has 0 saturated carbocycles. The van der Waals surface area contributed by atoms with Crippen LogP contribution in [0.25, 0.3) is 0 Å². The first-order valence-electron chi connectivity index (χ1n) is 6.99. The molecule has 0 fully saturated rings. The fourth-order valence-corrected chi connectivity index (χ4v) is 2.20. The molecule has 0 amide bonds. The Morgan fingerprint density at radius 3 is 2.22 bits per heavy atom. The van der Waals surface area contributed by atoms with Crippen LogP contribution in [0.3, 0.4) is 0 Å². The SMILES string of the molecule is CC(C)(C)c1ccnc(Cc2cc(F)c(F)c(C(F)(F)F)c2)c1. The molecule has 0 saturated heterocycles. The number of pyridine rings is 1. The average Bonchev–Trinajstić information content (AvgIpc) is 2.41. The van der Waals surface area contributed by atoms with Gasteiger partial charge in [-0.1, -0.05) is 20.8 Å². The second kappa shape index (κ2) is 5.91. The van der Waals surface area contributed by atoms with E-state index < -0.39 is 23.4 Å². The topological polar surface area (TPSA) is 12.9 Å². The van der Waals surface area contributed by atoms with Gasteiger partial charge in [0, 0.05) is 18.3 Å². The van der Waals surface area contributed by atoms with E-state index >= 15 is 0 Å². The summed E-state index contributed by atoms with van der Waals surface area (Å²) in [6.45, 7) is 5.97. The van der Waals surface area contributed by atoms with Gasteiger partial charge in [0.25, 0.3) is 0 Å². The Balaban J connectivity index is 2.40. The zero-order valence-electron chi connectivity index (χ0n) is 12.9. The van der Waals surface area contributed by atoms with Crippen molar-refractivity contribution < 1.29 is 22.0 Å². The number of rotatable bonds is 2. The highest BCUT2D eigenvalue weighted by atomic mass is 19.4. The van der Waals surface area contributed by atoms with Crippen LogP contribution in [-0.2, 0) is 18.0 Å². The lowest BCUT2D eigenvalue weighted by molar-refractivity contribution is -0.140. The quantitative estimate of drug-likeness (QED) is 0.684. The molecule has 0 aliphatic heterocycles. The molecule has 0 aliphatic rings. The van der Waals surface area contributed by atoms with Crippen LogP contribution < -0.4 is 0 Å². The molecule has 23 heavy (non-hydrogen) atoms. The van der Waals surface area contributed by atoms with E-state index in [9.17, 15) is 22.0 Å². The highest BCUT2D eigenvalue weighted by molar-refractivity contribution is 5.33. The monoisotopic (exact) mass is 329 g/mol. The molecule has 1 aromatic heterocycles. The van der Waals surface area contributed by atoms with Crippen molar-refractivity contribution in [1.29, 1.82) is 0 Å². The molecular weight excluding hydrogens is 313 g/mol. The van der Waals surface area contributed by atoms with Gasteiger partial charge < -0.3 is 0 Å². The largest absolute Gasteiger partial charge is 0.419 e. The van der Waals surface area contributed by atoms with Gasteiger partial charge in [-0.3, -0.25) is 4.98 Å². The van der Waals surface area contributed by atoms with Crippen molar-refractivity contribution in [2.24, 2.45) is 0 Å². The predicted octanol–water partition coefficient (Wildman–Crippen LogP) is 5.27. The summed E-state index contributed by atoms with van der Waals surface area (Å²) < 4.78 is 65.0. The van der Waals surface area contributed by atoms with Crippen LogP contribution in [0.2, 0.25) is 0 Å². The van der Waals surface area contributed by atoms with Crippen LogP contribution in [0.4, 0.5) is 22.0 Å². The zero-order valence-corrected chi connectivity index (χ0v) is 12.9. The fourth-order valence-electron chi connectivity index (χ4n) is 2.20. The Morgan fingerprint density at radius 1 is 1.00 bits per heavy atom. The molecule has 2 rings (SSSR count). The molecule has 0 bridgehead atoms. The Bertz CT molecular complexity index is 714. The Kier molecular flexibility index (Phi) is 4.46. The Hall–Kier alpha value is -1.98. The molecular formula is C17H16F5N. The molecule has 0 aliphatic carbocycles. The third-order valence-electron chi connectivity index (χ3n) is 3.46. The number of hydrogen-bond donors (Lipinski definition) is 0. The van der Waals surface area contributed by atoms with E-state index in [1.807, 2.05) is 26.8 Å². The summed E-state index contributed by atoms with van der Waals surface area (Å²) in [6, 6.07) is 4.98. The lowest BCUT2D eigenvalue weighted by atomic mass is 9.87. The highest BCUT2D eigenvalue weighted by Crippen LogP contribution is 2.33. The van der Waals surface area contributed by atoms with Crippen LogP contribution in [0, 0.1) is 11.6 Å². The smallest absolute Gasteiger partial charge is 0.261 e. The van der Waals surface area contributed by atoms with E-state index in [1.165, 1.54) is 0 Å². The lowest BCUT2D eigenvalue weighted by Crippen LogP contribution is -2.12. The van der Waals surface area contributed by atoms with Gasteiger partial charge >= 0.3 is 6.18 Å². The van der Waals surface area contributed by atoms with Gasteiger partial charge in [-0.15, -0.1) is 0 Å².